The molecule has 2 aromatic heterocycles. The number of carbonyl (C=O) groups is 4. The molecule has 0 radical (unpaired) electrons. The van der Waals surface area contributed by atoms with E-state index in [1.807, 2.05) is 12.1 Å². The zero-order valence-electron chi connectivity index (χ0n) is 22.9. The number of hydrogen-bond donors (Lipinski definition) is 0. The SMILES string of the molecule is CC(=O)OC[C@H]1O[C@@H](Sc2nc3c(c(-c4ccncc4)c2C#N)CCC3)[C@H](OC(C)=O)[C@@H](OC(C)=O)[C@@H]1OC(C)=O. The number of nitrogens with zero attached hydrogens (tertiary/aromatic N) is 3. The van der Waals surface area contributed by atoms with Crippen molar-refractivity contribution < 1.29 is 42.9 Å². The number of aryl methyl sites for hydroxylation is 1. The first kappa shape index (κ1) is 30.0. The fourth-order valence-electron chi connectivity index (χ4n) is 4.98. The second kappa shape index (κ2) is 13.1. The van der Waals surface area contributed by atoms with Gasteiger partial charge in [0.1, 0.15) is 23.8 Å². The van der Waals surface area contributed by atoms with Crippen LogP contribution in [0.15, 0.2) is 29.6 Å². The van der Waals surface area contributed by atoms with Gasteiger partial charge in [0.25, 0.3) is 0 Å². The van der Waals surface area contributed by atoms with Gasteiger partial charge in [-0.15, -0.1) is 0 Å². The lowest BCUT2D eigenvalue weighted by Crippen LogP contribution is -2.61. The van der Waals surface area contributed by atoms with E-state index in [-0.39, 0.29) is 6.61 Å². The van der Waals surface area contributed by atoms with Crippen molar-refractivity contribution in [2.24, 2.45) is 0 Å². The van der Waals surface area contributed by atoms with E-state index in [2.05, 4.69) is 11.1 Å². The quantitative estimate of drug-likeness (QED) is 0.329. The van der Waals surface area contributed by atoms with Crippen LogP contribution in [-0.2, 0) is 55.7 Å². The molecule has 1 fully saturated rings. The summed E-state index contributed by atoms with van der Waals surface area (Å²) in [6.45, 7) is 4.35. The van der Waals surface area contributed by atoms with Crippen molar-refractivity contribution in [3.8, 4) is 17.2 Å². The summed E-state index contributed by atoms with van der Waals surface area (Å²) in [6, 6.07) is 5.91. The minimum atomic E-state index is -1.31. The Labute approximate surface area is 240 Å². The maximum absolute atomic E-state index is 12.2. The minimum Gasteiger partial charge on any atom is -0.463 e. The summed E-state index contributed by atoms with van der Waals surface area (Å²) in [5.74, 6) is -2.76. The average molecular weight is 584 g/mol. The summed E-state index contributed by atoms with van der Waals surface area (Å²) in [6.07, 6.45) is 0.679. The molecule has 0 spiro atoms. The molecule has 2 aromatic rings. The van der Waals surface area contributed by atoms with Gasteiger partial charge in [0.15, 0.2) is 23.7 Å². The summed E-state index contributed by atoms with van der Waals surface area (Å²) in [4.78, 5) is 56.9. The van der Waals surface area contributed by atoms with Crippen LogP contribution in [0.25, 0.3) is 11.1 Å². The van der Waals surface area contributed by atoms with Gasteiger partial charge in [-0.05, 0) is 42.5 Å². The third-order valence-corrected chi connectivity index (χ3v) is 7.58. The number of thioether (sulfide) groups is 1. The Morgan fingerprint density at radius 3 is 2.20 bits per heavy atom. The Kier molecular flexibility index (Phi) is 9.57. The highest BCUT2D eigenvalue weighted by Gasteiger charge is 2.53. The Hall–Kier alpha value is -4.02. The molecule has 2 aliphatic rings. The summed E-state index contributed by atoms with van der Waals surface area (Å²) in [7, 11) is 0. The molecule has 0 bridgehead atoms. The van der Waals surface area contributed by atoms with Gasteiger partial charge in [0, 0.05) is 51.3 Å². The van der Waals surface area contributed by atoms with Crippen LogP contribution in [0.3, 0.4) is 0 Å². The monoisotopic (exact) mass is 583 g/mol. The summed E-state index contributed by atoms with van der Waals surface area (Å²) in [5.41, 5.74) is 2.57. The number of pyridine rings is 2. The number of hydrogen-bond acceptors (Lipinski definition) is 13. The van der Waals surface area contributed by atoms with Gasteiger partial charge < -0.3 is 23.7 Å². The molecule has 1 aliphatic heterocycles. The van der Waals surface area contributed by atoms with Crippen LogP contribution in [0.5, 0.6) is 0 Å². The van der Waals surface area contributed by atoms with Crippen molar-refractivity contribution in [2.75, 3.05) is 6.61 Å². The van der Waals surface area contributed by atoms with E-state index in [4.69, 9.17) is 28.7 Å². The lowest BCUT2D eigenvalue weighted by atomic mass is 9.96. The first-order valence-electron chi connectivity index (χ1n) is 12.9. The molecule has 0 saturated carbocycles. The van der Waals surface area contributed by atoms with E-state index in [9.17, 15) is 24.4 Å². The first-order chi connectivity index (χ1) is 19.6. The van der Waals surface area contributed by atoms with Crippen molar-refractivity contribution in [1.82, 2.24) is 9.97 Å². The zero-order valence-corrected chi connectivity index (χ0v) is 23.8. The Morgan fingerprint density at radius 1 is 0.951 bits per heavy atom. The molecule has 0 N–H and O–H groups in total. The van der Waals surface area contributed by atoms with Crippen LogP contribution in [0.1, 0.15) is 50.9 Å². The lowest BCUT2D eigenvalue weighted by molar-refractivity contribution is -0.237. The maximum atomic E-state index is 12.2. The Bertz CT molecular complexity index is 1380. The van der Waals surface area contributed by atoms with Crippen molar-refractivity contribution in [1.29, 1.82) is 5.26 Å². The largest absolute Gasteiger partial charge is 0.463 e. The third-order valence-electron chi connectivity index (χ3n) is 6.45. The van der Waals surface area contributed by atoms with Crippen molar-refractivity contribution >= 4 is 35.6 Å². The van der Waals surface area contributed by atoms with Gasteiger partial charge in [0.05, 0.1) is 5.56 Å². The highest BCUT2D eigenvalue weighted by atomic mass is 32.2. The smallest absolute Gasteiger partial charge is 0.303 e. The molecule has 3 heterocycles. The molecule has 41 heavy (non-hydrogen) atoms. The molecule has 5 atom stereocenters. The highest BCUT2D eigenvalue weighted by Crippen LogP contribution is 2.42. The van der Waals surface area contributed by atoms with Crippen molar-refractivity contribution in [3.05, 3.63) is 41.3 Å². The predicted molar refractivity (Wildman–Crippen MR) is 142 cm³/mol. The van der Waals surface area contributed by atoms with Crippen LogP contribution in [0.4, 0.5) is 0 Å². The first-order valence-corrected chi connectivity index (χ1v) is 13.8. The number of carbonyl (C=O) groups excluding carboxylic acids is 4. The molecule has 0 aromatic carbocycles. The number of rotatable bonds is 8. The second-order valence-corrected chi connectivity index (χ2v) is 10.6. The third kappa shape index (κ3) is 7.01. The molecular formula is C28H29N3O9S. The standard InChI is InChI=1S/C28H29N3O9S/c1-14(32)36-13-22-24(37-15(2)33)25(38-16(3)34)26(39-17(4)35)28(40-22)41-27-20(12-29)23(18-8-10-30-11-9-18)19-6-5-7-21(19)31-27/h8-11,22,24-26,28H,5-7,13H2,1-4H3/t22-,24-,25+,26-,28+/m1/s1. The van der Waals surface area contributed by atoms with Crippen LogP contribution in [-0.4, -0.2) is 70.3 Å². The predicted octanol–water partition coefficient (Wildman–Crippen LogP) is 2.68. The van der Waals surface area contributed by atoms with Gasteiger partial charge in [0.2, 0.25) is 0 Å². The van der Waals surface area contributed by atoms with Crippen LogP contribution in [0.2, 0.25) is 0 Å². The molecular weight excluding hydrogens is 554 g/mol. The minimum absolute atomic E-state index is 0.301. The summed E-state index contributed by atoms with van der Waals surface area (Å²) in [5, 5.41) is 10.6. The van der Waals surface area contributed by atoms with E-state index < -0.39 is 53.7 Å². The van der Waals surface area contributed by atoms with Gasteiger partial charge in [-0.2, -0.15) is 5.26 Å². The molecule has 4 rings (SSSR count). The molecule has 0 amide bonds. The maximum Gasteiger partial charge on any atom is 0.303 e. The number of aromatic nitrogens is 2. The number of fused-ring (bicyclic) bond motifs is 1. The molecule has 216 valence electrons. The van der Waals surface area contributed by atoms with Crippen molar-refractivity contribution in [3.63, 3.8) is 0 Å². The van der Waals surface area contributed by atoms with Gasteiger partial charge in [-0.25, -0.2) is 4.98 Å². The van der Waals surface area contributed by atoms with E-state index >= 15 is 0 Å². The number of esters is 4. The van der Waals surface area contributed by atoms with E-state index in [0.717, 1.165) is 60.8 Å². The van der Waals surface area contributed by atoms with Gasteiger partial charge in [-0.1, -0.05) is 11.8 Å². The lowest BCUT2D eigenvalue weighted by Gasteiger charge is -2.44. The fraction of sp³-hybridized carbons (Fsp3) is 0.464. The Balaban J connectivity index is 1.82. The topological polar surface area (TPSA) is 164 Å². The van der Waals surface area contributed by atoms with Gasteiger partial charge >= 0.3 is 23.9 Å². The zero-order chi connectivity index (χ0) is 29.7. The number of ether oxygens (including phenoxy) is 5. The van der Waals surface area contributed by atoms with Crippen LogP contribution >= 0.6 is 11.8 Å². The molecule has 1 aliphatic carbocycles. The summed E-state index contributed by atoms with van der Waals surface area (Å²) >= 11 is 1.01. The highest BCUT2D eigenvalue weighted by molar-refractivity contribution is 7.99. The normalized spacial score (nSPS) is 23.0. The van der Waals surface area contributed by atoms with E-state index in [0.29, 0.717) is 17.0 Å². The molecule has 0 unspecified atom stereocenters. The summed E-state index contributed by atoms with van der Waals surface area (Å²) < 4.78 is 27.9. The second-order valence-electron chi connectivity index (χ2n) is 9.48. The molecule has 1 saturated heterocycles. The van der Waals surface area contributed by atoms with Crippen molar-refractivity contribution in [2.45, 2.75) is 81.8 Å². The molecule has 13 heteroatoms. The molecule has 12 nitrogen and oxygen atoms in total. The average Bonchev–Trinajstić information content (AvgIpc) is 3.38. The van der Waals surface area contributed by atoms with E-state index in [1.165, 1.54) is 13.8 Å². The van der Waals surface area contributed by atoms with Crippen LogP contribution < -0.4 is 0 Å². The van der Waals surface area contributed by atoms with Crippen LogP contribution in [0, 0.1) is 11.3 Å². The fourth-order valence-corrected chi connectivity index (χ4v) is 6.17. The van der Waals surface area contributed by atoms with E-state index in [1.54, 1.807) is 12.4 Å². The van der Waals surface area contributed by atoms with Gasteiger partial charge in [-0.3, -0.25) is 24.2 Å². The number of nitriles is 1. The Morgan fingerprint density at radius 2 is 1.59 bits per heavy atom.